The van der Waals surface area contributed by atoms with Crippen LogP contribution in [0.5, 0.6) is 0 Å². The second-order valence-electron chi connectivity index (χ2n) is 5.89. The van der Waals surface area contributed by atoms with Gasteiger partial charge >= 0.3 is 6.03 Å². The van der Waals surface area contributed by atoms with Gasteiger partial charge in [0.2, 0.25) is 5.91 Å². The van der Waals surface area contributed by atoms with Crippen LogP contribution in [0.1, 0.15) is 16.7 Å². The van der Waals surface area contributed by atoms with Gasteiger partial charge < -0.3 is 15.5 Å². The summed E-state index contributed by atoms with van der Waals surface area (Å²) < 4.78 is 27.8. The van der Waals surface area contributed by atoms with Crippen molar-refractivity contribution in [1.82, 2.24) is 10.2 Å². The third kappa shape index (κ3) is 4.15. The topological polar surface area (TPSA) is 85.2 Å². The summed E-state index contributed by atoms with van der Waals surface area (Å²) in [5, 5.41) is 13.9. The number of anilines is 1. The molecule has 138 valence electrons. The molecule has 9 heteroatoms. The number of hydrogen-bond acceptors (Lipinski definition) is 3. The Morgan fingerprint density at radius 1 is 1.30 bits per heavy atom. The number of amides is 3. The van der Waals surface area contributed by atoms with E-state index in [2.05, 4.69) is 10.6 Å². The molecule has 0 fully saturated rings. The van der Waals surface area contributed by atoms with E-state index in [1.165, 1.54) is 18.2 Å². The van der Waals surface area contributed by atoms with E-state index in [-0.39, 0.29) is 47.0 Å². The normalized spacial score (nSPS) is 12.8. The highest BCUT2D eigenvalue weighted by Gasteiger charge is 2.27. The van der Waals surface area contributed by atoms with Crippen LogP contribution in [0.3, 0.4) is 0 Å². The molecule has 0 radical (unpaired) electrons. The molecule has 27 heavy (non-hydrogen) atoms. The molecule has 2 aromatic rings. The third-order valence-corrected chi connectivity index (χ3v) is 4.25. The van der Waals surface area contributed by atoms with Crippen molar-refractivity contribution in [2.24, 2.45) is 0 Å². The summed E-state index contributed by atoms with van der Waals surface area (Å²) in [5.74, 6) is -1.73. The lowest BCUT2D eigenvalue weighted by atomic mass is 10.1. The Kier molecular flexibility index (Phi) is 5.23. The van der Waals surface area contributed by atoms with Crippen molar-refractivity contribution in [2.75, 3.05) is 11.9 Å². The van der Waals surface area contributed by atoms with Crippen molar-refractivity contribution in [1.29, 1.82) is 5.26 Å². The van der Waals surface area contributed by atoms with Gasteiger partial charge in [0.15, 0.2) is 0 Å². The number of rotatable bonds is 4. The maximum Gasteiger partial charge on any atom is 0.322 e. The molecule has 1 heterocycles. The molecule has 1 aliphatic rings. The Bertz CT molecular complexity index is 975. The van der Waals surface area contributed by atoms with E-state index < -0.39 is 23.6 Å². The van der Waals surface area contributed by atoms with Crippen molar-refractivity contribution in [3.63, 3.8) is 0 Å². The van der Waals surface area contributed by atoms with Crippen LogP contribution < -0.4 is 10.6 Å². The van der Waals surface area contributed by atoms with Crippen LogP contribution in [0.15, 0.2) is 30.3 Å². The van der Waals surface area contributed by atoms with Gasteiger partial charge in [-0.25, -0.2) is 13.6 Å². The lowest BCUT2D eigenvalue weighted by molar-refractivity contribution is -0.121. The van der Waals surface area contributed by atoms with Gasteiger partial charge in [0, 0.05) is 22.7 Å². The Morgan fingerprint density at radius 2 is 2.07 bits per heavy atom. The van der Waals surface area contributed by atoms with E-state index in [0.717, 1.165) is 17.0 Å². The zero-order valence-corrected chi connectivity index (χ0v) is 14.6. The first kappa shape index (κ1) is 18.6. The Hall–Kier alpha value is -3.18. The molecule has 0 spiro atoms. The standard InChI is InChI=1S/C18H13ClF2N4O2/c19-12-4-15(21)13-8-25(18(27)24-16(13)5-12)9-17(26)23-7-11-2-1-10(6-22)3-14(11)20/h1-5H,7-9H2,(H,23,26)(H,24,27). The van der Waals surface area contributed by atoms with E-state index in [9.17, 15) is 18.4 Å². The first-order valence-electron chi connectivity index (χ1n) is 7.86. The van der Waals surface area contributed by atoms with Crippen molar-refractivity contribution in [3.05, 3.63) is 63.7 Å². The predicted molar refractivity (Wildman–Crippen MR) is 93.8 cm³/mol. The minimum absolute atomic E-state index is 0.0944. The molecule has 0 aromatic heterocycles. The minimum Gasteiger partial charge on any atom is -0.350 e. The maximum absolute atomic E-state index is 14.0. The van der Waals surface area contributed by atoms with E-state index in [0.29, 0.717) is 0 Å². The van der Waals surface area contributed by atoms with Gasteiger partial charge in [0.25, 0.3) is 0 Å². The highest BCUT2D eigenvalue weighted by Crippen LogP contribution is 2.29. The molecule has 2 N–H and O–H groups in total. The Labute approximate surface area is 158 Å². The van der Waals surface area contributed by atoms with Crippen molar-refractivity contribution >= 4 is 29.2 Å². The Morgan fingerprint density at radius 3 is 2.78 bits per heavy atom. The van der Waals surface area contributed by atoms with Crippen molar-refractivity contribution in [2.45, 2.75) is 13.1 Å². The zero-order chi connectivity index (χ0) is 19.6. The van der Waals surface area contributed by atoms with Crippen LogP contribution >= 0.6 is 11.6 Å². The number of urea groups is 1. The van der Waals surface area contributed by atoms with E-state index >= 15 is 0 Å². The lowest BCUT2D eigenvalue weighted by Gasteiger charge is -2.29. The number of carbonyl (C=O) groups excluding carboxylic acids is 2. The summed E-state index contributed by atoms with van der Waals surface area (Å²) in [5.41, 5.74) is 0.871. The molecular formula is C18H13ClF2N4O2. The smallest absolute Gasteiger partial charge is 0.322 e. The van der Waals surface area contributed by atoms with Crippen molar-refractivity contribution < 1.29 is 18.4 Å². The first-order chi connectivity index (χ1) is 12.9. The number of nitrogens with one attached hydrogen (secondary N) is 2. The second-order valence-corrected chi connectivity index (χ2v) is 6.33. The quantitative estimate of drug-likeness (QED) is 0.841. The van der Waals surface area contributed by atoms with Crippen LogP contribution in [-0.2, 0) is 17.9 Å². The van der Waals surface area contributed by atoms with E-state index in [1.807, 2.05) is 6.07 Å². The monoisotopic (exact) mass is 390 g/mol. The van der Waals surface area contributed by atoms with Crippen LogP contribution in [0.25, 0.3) is 0 Å². The largest absolute Gasteiger partial charge is 0.350 e. The molecule has 3 rings (SSSR count). The SMILES string of the molecule is N#Cc1ccc(CNC(=O)CN2Cc3c(F)cc(Cl)cc3NC2=O)c(F)c1. The summed E-state index contributed by atoms with van der Waals surface area (Å²) in [6.07, 6.45) is 0. The Balaban J connectivity index is 1.63. The van der Waals surface area contributed by atoms with Gasteiger partial charge in [0.1, 0.15) is 18.2 Å². The molecule has 0 unspecified atom stereocenters. The fourth-order valence-corrected chi connectivity index (χ4v) is 2.85. The average molecular weight is 391 g/mol. The summed E-state index contributed by atoms with van der Waals surface area (Å²) in [4.78, 5) is 25.3. The predicted octanol–water partition coefficient (Wildman–Crippen LogP) is 3.15. The second kappa shape index (κ2) is 7.60. The number of carbonyl (C=O) groups is 2. The molecule has 0 saturated carbocycles. The highest BCUT2D eigenvalue weighted by atomic mass is 35.5. The fourth-order valence-electron chi connectivity index (χ4n) is 2.64. The average Bonchev–Trinajstić information content (AvgIpc) is 2.61. The van der Waals surface area contributed by atoms with Crippen LogP contribution in [0.2, 0.25) is 5.02 Å². The first-order valence-corrected chi connectivity index (χ1v) is 8.24. The molecule has 0 atom stereocenters. The summed E-state index contributed by atoms with van der Waals surface area (Å²) in [6, 6.07) is 7.73. The number of nitriles is 1. The molecular weight excluding hydrogens is 378 g/mol. The number of fused-ring (bicyclic) bond motifs is 1. The molecule has 1 aliphatic heterocycles. The van der Waals surface area contributed by atoms with E-state index in [4.69, 9.17) is 16.9 Å². The summed E-state index contributed by atoms with van der Waals surface area (Å²) in [6.45, 7) is -0.527. The van der Waals surface area contributed by atoms with E-state index in [1.54, 1.807) is 0 Å². The number of halogens is 3. The van der Waals surface area contributed by atoms with Gasteiger partial charge in [0.05, 0.1) is 23.9 Å². The van der Waals surface area contributed by atoms with Gasteiger partial charge in [-0.15, -0.1) is 0 Å². The van der Waals surface area contributed by atoms with Gasteiger partial charge in [-0.1, -0.05) is 17.7 Å². The highest BCUT2D eigenvalue weighted by molar-refractivity contribution is 6.31. The fraction of sp³-hybridized carbons (Fsp3) is 0.167. The molecule has 3 amide bonds. The molecule has 2 aromatic carbocycles. The molecule has 0 saturated heterocycles. The molecule has 6 nitrogen and oxygen atoms in total. The van der Waals surface area contributed by atoms with Gasteiger partial charge in [-0.2, -0.15) is 5.26 Å². The minimum atomic E-state index is -0.613. The maximum atomic E-state index is 14.0. The van der Waals surface area contributed by atoms with Crippen LogP contribution in [0.4, 0.5) is 19.3 Å². The van der Waals surface area contributed by atoms with Crippen LogP contribution in [0, 0.1) is 23.0 Å². The number of nitrogens with zero attached hydrogens (tertiary/aromatic N) is 2. The summed E-state index contributed by atoms with van der Waals surface area (Å²) >= 11 is 5.76. The molecule has 0 bridgehead atoms. The number of benzene rings is 2. The van der Waals surface area contributed by atoms with Gasteiger partial charge in [-0.3, -0.25) is 4.79 Å². The van der Waals surface area contributed by atoms with Gasteiger partial charge in [-0.05, 0) is 24.3 Å². The number of hydrogen-bond donors (Lipinski definition) is 2. The van der Waals surface area contributed by atoms with Crippen molar-refractivity contribution in [3.8, 4) is 6.07 Å². The van der Waals surface area contributed by atoms with Crippen LogP contribution in [-0.4, -0.2) is 23.4 Å². The summed E-state index contributed by atoms with van der Waals surface area (Å²) in [7, 11) is 0. The molecule has 0 aliphatic carbocycles. The zero-order valence-electron chi connectivity index (χ0n) is 13.9. The lowest BCUT2D eigenvalue weighted by Crippen LogP contribution is -2.44. The third-order valence-electron chi connectivity index (χ3n) is 4.03.